The minimum atomic E-state index is -0.427. The number of β-amino-alcohol motifs (C(OH)–C–C–N with tert-alkyl or cyclic N) is 1. The van der Waals surface area contributed by atoms with Gasteiger partial charge in [0.15, 0.2) is 0 Å². The summed E-state index contributed by atoms with van der Waals surface area (Å²) in [5.41, 5.74) is 0.353. The van der Waals surface area contributed by atoms with Gasteiger partial charge in [0.05, 0.1) is 24.7 Å². The highest BCUT2D eigenvalue weighted by atomic mass is 19.1. The lowest BCUT2D eigenvalue weighted by Crippen LogP contribution is -2.65. The van der Waals surface area contributed by atoms with E-state index in [1.54, 1.807) is 4.90 Å². The summed E-state index contributed by atoms with van der Waals surface area (Å²) in [6, 6.07) is 6.75. The molecular weight excluding hydrogens is 423 g/mol. The van der Waals surface area contributed by atoms with Crippen molar-refractivity contribution >= 4 is 11.8 Å². The smallest absolute Gasteiger partial charge is 0.228 e. The fourth-order valence-electron chi connectivity index (χ4n) is 8.11. The van der Waals surface area contributed by atoms with Crippen molar-refractivity contribution in [1.29, 1.82) is 0 Å². The molecule has 2 heterocycles. The molecule has 4 bridgehead atoms. The van der Waals surface area contributed by atoms with E-state index < -0.39 is 6.10 Å². The molecule has 1 aromatic carbocycles. The molecule has 1 N–H and O–H groups in total. The SMILES string of the molecule is O=C(C[C@]1(c2ccc(F)cc2)C2CC3CC1C[C@@](C(=O)N1CCOCC1)(C3)C2)N1CC(O)C1. The molecule has 6 fully saturated rings. The summed E-state index contributed by atoms with van der Waals surface area (Å²) in [7, 11) is 0. The molecule has 2 unspecified atom stereocenters. The van der Waals surface area contributed by atoms with Crippen molar-refractivity contribution in [3.05, 3.63) is 35.6 Å². The van der Waals surface area contributed by atoms with Gasteiger partial charge in [-0.25, -0.2) is 4.39 Å². The predicted octanol–water partition coefficient (Wildman–Crippen LogP) is 2.34. The monoisotopic (exact) mass is 456 g/mol. The fraction of sp³-hybridized carbons (Fsp3) is 0.692. The summed E-state index contributed by atoms with van der Waals surface area (Å²) in [5, 5.41) is 9.72. The van der Waals surface area contributed by atoms with Crippen molar-refractivity contribution in [2.75, 3.05) is 39.4 Å². The molecular formula is C26H33FN2O4. The first-order chi connectivity index (χ1) is 15.9. The first kappa shape index (κ1) is 21.5. The third kappa shape index (κ3) is 3.34. The van der Waals surface area contributed by atoms with Crippen LogP contribution in [0.1, 0.15) is 44.1 Å². The van der Waals surface area contributed by atoms with Crippen LogP contribution in [-0.4, -0.2) is 72.2 Å². The summed E-state index contributed by atoms with van der Waals surface area (Å²) in [6.45, 7) is 3.34. The minimum Gasteiger partial charge on any atom is -0.389 e. The summed E-state index contributed by atoms with van der Waals surface area (Å²) in [6.07, 6.45) is 4.59. The van der Waals surface area contributed by atoms with Gasteiger partial charge in [-0.1, -0.05) is 12.1 Å². The van der Waals surface area contributed by atoms with Crippen LogP contribution in [0.15, 0.2) is 24.3 Å². The fourth-order valence-corrected chi connectivity index (χ4v) is 8.11. The number of hydrogen-bond acceptors (Lipinski definition) is 4. The second-order valence-electron chi connectivity index (χ2n) is 11.2. The maximum Gasteiger partial charge on any atom is 0.228 e. The number of benzene rings is 1. The molecule has 2 atom stereocenters. The van der Waals surface area contributed by atoms with Crippen molar-refractivity contribution in [3.63, 3.8) is 0 Å². The number of hydrogen-bond donors (Lipinski definition) is 1. The standard InChI is InChI=1S/C26H33FN2O4/c27-21-3-1-18(2-4-21)26(14-23(31)29-15-22(30)16-29)19-9-17-10-20(26)13-25(11-17,12-19)24(32)28-5-7-33-8-6-28/h1-4,17,19-20,22,30H,5-16H2/t17?,19?,20?,25-,26+. The van der Waals surface area contributed by atoms with E-state index in [9.17, 15) is 19.1 Å². The molecule has 0 radical (unpaired) electrons. The van der Waals surface area contributed by atoms with Gasteiger partial charge < -0.3 is 19.6 Å². The van der Waals surface area contributed by atoms with Crippen LogP contribution in [0.4, 0.5) is 4.39 Å². The number of nitrogens with zero attached hydrogens (tertiary/aromatic N) is 2. The van der Waals surface area contributed by atoms with Crippen molar-refractivity contribution in [3.8, 4) is 0 Å². The van der Waals surface area contributed by atoms with E-state index in [4.69, 9.17) is 4.74 Å². The van der Waals surface area contributed by atoms with E-state index in [1.165, 1.54) is 12.1 Å². The van der Waals surface area contributed by atoms with Crippen LogP contribution in [0.25, 0.3) is 0 Å². The first-order valence-electron chi connectivity index (χ1n) is 12.5. The van der Waals surface area contributed by atoms with Crippen LogP contribution in [0.5, 0.6) is 0 Å². The van der Waals surface area contributed by atoms with E-state index in [1.807, 2.05) is 17.0 Å². The van der Waals surface area contributed by atoms with E-state index >= 15 is 0 Å². The average molecular weight is 457 g/mol. The molecule has 178 valence electrons. The number of aliphatic hydroxyl groups excluding tert-OH is 1. The highest BCUT2D eigenvalue weighted by Crippen LogP contribution is 2.68. The zero-order valence-electron chi connectivity index (χ0n) is 19.0. The number of ether oxygens (including phenoxy) is 1. The molecule has 6 aliphatic rings. The van der Waals surface area contributed by atoms with Crippen molar-refractivity contribution in [2.24, 2.45) is 23.2 Å². The van der Waals surface area contributed by atoms with Crippen molar-refractivity contribution in [2.45, 2.75) is 50.0 Å². The number of rotatable bonds is 4. The lowest BCUT2D eigenvalue weighted by atomic mass is 9.39. The predicted molar refractivity (Wildman–Crippen MR) is 119 cm³/mol. The molecule has 2 saturated heterocycles. The molecule has 7 rings (SSSR count). The maximum atomic E-state index is 13.8. The Morgan fingerprint density at radius 1 is 1.00 bits per heavy atom. The lowest BCUT2D eigenvalue weighted by Gasteiger charge is -2.65. The number of amides is 2. The van der Waals surface area contributed by atoms with Crippen LogP contribution in [-0.2, 0) is 19.7 Å². The molecule has 2 aliphatic heterocycles. The second kappa shape index (κ2) is 7.77. The van der Waals surface area contributed by atoms with Crippen LogP contribution >= 0.6 is 0 Å². The molecule has 0 aromatic heterocycles. The number of aliphatic hydroxyl groups is 1. The topological polar surface area (TPSA) is 70.1 Å². The van der Waals surface area contributed by atoms with Gasteiger partial charge in [-0.3, -0.25) is 9.59 Å². The summed E-state index contributed by atoms with van der Waals surface area (Å²) in [4.78, 5) is 30.9. The molecule has 4 saturated carbocycles. The molecule has 2 amide bonds. The van der Waals surface area contributed by atoms with Crippen molar-refractivity contribution in [1.82, 2.24) is 9.80 Å². The molecule has 0 spiro atoms. The maximum absolute atomic E-state index is 13.8. The van der Waals surface area contributed by atoms with Gasteiger partial charge in [0.2, 0.25) is 11.8 Å². The minimum absolute atomic E-state index is 0.0747. The second-order valence-corrected chi connectivity index (χ2v) is 11.2. The quantitative estimate of drug-likeness (QED) is 0.755. The Balaban J connectivity index is 1.35. The van der Waals surface area contributed by atoms with E-state index in [0.29, 0.717) is 51.7 Å². The van der Waals surface area contributed by atoms with Crippen LogP contribution in [0.2, 0.25) is 0 Å². The van der Waals surface area contributed by atoms with E-state index in [2.05, 4.69) is 0 Å². The molecule has 6 nitrogen and oxygen atoms in total. The van der Waals surface area contributed by atoms with Gasteiger partial charge >= 0.3 is 0 Å². The Kier molecular flexibility index (Phi) is 5.07. The lowest BCUT2D eigenvalue weighted by molar-refractivity contribution is -0.174. The van der Waals surface area contributed by atoms with Gasteiger partial charge in [0.1, 0.15) is 5.82 Å². The number of halogens is 1. The highest BCUT2D eigenvalue weighted by Gasteiger charge is 2.65. The van der Waals surface area contributed by atoms with Gasteiger partial charge in [-0.05, 0) is 67.6 Å². The first-order valence-corrected chi connectivity index (χ1v) is 12.5. The molecule has 1 aromatic rings. The highest BCUT2D eigenvalue weighted by molar-refractivity contribution is 5.84. The Morgan fingerprint density at radius 2 is 1.64 bits per heavy atom. The zero-order valence-corrected chi connectivity index (χ0v) is 19.0. The normalized spacial score (nSPS) is 37.8. The third-order valence-corrected chi connectivity index (χ3v) is 9.44. The Labute approximate surface area is 194 Å². The summed E-state index contributed by atoms with van der Waals surface area (Å²) < 4.78 is 19.3. The van der Waals surface area contributed by atoms with Gasteiger partial charge in [-0.15, -0.1) is 0 Å². The van der Waals surface area contributed by atoms with Crippen molar-refractivity contribution < 1.29 is 23.8 Å². The van der Waals surface area contributed by atoms with E-state index in [-0.39, 0.29) is 40.3 Å². The Bertz CT molecular complexity index is 922. The Morgan fingerprint density at radius 3 is 2.24 bits per heavy atom. The molecule has 7 heteroatoms. The molecule has 33 heavy (non-hydrogen) atoms. The number of carbonyl (C=O) groups is 2. The van der Waals surface area contributed by atoms with E-state index in [0.717, 1.165) is 37.7 Å². The van der Waals surface area contributed by atoms with Crippen LogP contribution in [0, 0.1) is 29.0 Å². The number of carbonyl (C=O) groups excluding carboxylic acids is 2. The summed E-state index contributed by atoms with van der Waals surface area (Å²) >= 11 is 0. The van der Waals surface area contributed by atoms with Crippen LogP contribution in [0.3, 0.4) is 0 Å². The Hall–Kier alpha value is -1.99. The van der Waals surface area contributed by atoms with Crippen LogP contribution < -0.4 is 0 Å². The largest absolute Gasteiger partial charge is 0.389 e. The number of morpholine rings is 1. The number of likely N-dealkylation sites (tertiary alicyclic amines) is 1. The van der Waals surface area contributed by atoms with Gasteiger partial charge in [-0.2, -0.15) is 0 Å². The van der Waals surface area contributed by atoms with Gasteiger partial charge in [0, 0.05) is 38.0 Å². The average Bonchev–Trinajstić information content (AvgIpc) is 2.79. The van der Waals surface area contributed by atoms with Gasteiger partial charge in [0.25, 0.3) is 0 Å². The summed E-state index contributed by atoms with van der Waals surface area (Å²) in [5.74, 6) is 1.07. The molecule has 4 aliphatic carbocycles. The zero-order chi connectivity index (χ0) is 22.8. The third-order valence-electron chi connectivity index (χ3n) is 9.44.